The molecule has 1 aliphatic rings. The molecule has 0 bridgehead atoms. The molecule has 1 aliphatic heterocycles. The van der Waals surface area contributed by atoms with Gasteiger partial charge in [-0.1, -0.05) is 6.07 Å². The lowest BCUT2D eigenvalue weighted by Gasteiger charge is -2.27. The van der Waals surface area contributed by atoms with Gasteiger partial charge in [-0.15, -0.1) is 0 Å². The van der Waals surface area contributed by atoms with E-state index in [4.69, 9.17) is 14.2 Å². The molecule has 1 aromatic carbocycles. The molecule has 2 amide bonds. The zero-order chi connectivity index (χ0) is 23.6. The Labute approximate surface area is 191 Å². The Morgan fingerprint density at radius 1 is 1.18 bits per heavy atom. The van der Waals surface area contributed by atoms with Crippen LogP contribution < -0.4 is 21.1 Å². The van der Waals surface area contributed by atoms with E-state index in [1.807, 2.05) is 4.90 Å². The zero-order valence-corrected chi connectivity index (χ0v) is 18.8. The molecule has 1 saturated heterocycles. The summed E-state index contributed by atoms with van der Waals surface area (Å²) in [4.78, 5) is 46.1. The normalized spacial score (nSPS) is 13.5. The van der Waals surface area contributed by atoms with Crippen LogP contribution in [0.2, 0.25) is 0 Å². The molecule has 3 N–H and O–H groups in total. The first-order valence-electron chi connectivity index (χ1n) is 10.7. The van der Waals surface area contributed by atoms with E-state index < -0.39 is 6.09 Å². The average molecular weight is 460 g/mol. The highest BCUT2D eigenvalue weighted by molar-refractivity contribution is 5.92. The second-order valence-corrected chi connectivity index (χ2v) is 7.44. The predicted octanol–water partition coefficient (Wildman–Crippen LogP) is 1.68. The number of aryl methyl sites for hydroxylation is 1. The van der Waals surface area contributed by atoms with Crippen molar-refractivity contribution in [1.29, 1.82) is 0 Å². The SMILES string of the molecule is COCCOC(=O)Nc1cccc(NC(=O)CCc2c(C)nc(N3CCOCC3)[nH]c2=O)c1. The minimum absolute atomic E-state index is 0.110. The van der Waals surface area contributed by atoms with Gasteiger partial charge in [0.2, 0.25) is 11.9 Å². The number of anilines is 3. The Morgan fingerprint density at radius 2 is 1.91 bits per heavy atom. The molecule has 0 atom stereocenters. The van der Waals surface area contributed by atoms with Gasteiger partial charge in [0, 0.05) is 49.3 Å². The maximum atomic E-state index is 12.6. The number of morpholine rings is 1. The van der Waals surface area contributed by atoms with Gasteiger partial charge in [-0.25, -0.2) is 9.78 Å². The van der Waals surface area contributed by atoms with Crippen LogP contribution >= 0.6 is 0 Å². The largest absolute Gasteiger partial charge is 0.447 e. The number of aromatic amines is 1. The third kappa shape index (κ3) is 7.29. The van der Waals surface area contributed by atoms with E-state index in [9.17, 15) is 14.4 Å². The number of nitrogens with zero attached hydrogens (tertiary/aromatic N) is 2. The van der Waals surface area contributed by atoms with Crippen molar-refractivity contribution >= 4 is 29.3 Å². The minimum Gasteiger partial charge on any atom is -0.447 e. The molecule has 2 aromatic rings. The van der Waals surface area contributed by atoms with E-state index in [1.54, 1.807) is 31.2 Å². The van der Waals surface area contributed by atoms with Crippen molar-refractivity contribution in [1.82, 2.24) is 9.97 Å². The summed E-state index contributed by atoms with van der Waals surface area (Å²) in [6, 6.07) is 6.70. The second-order valence-electron chi connectivity index (χ2n) is 7.44. The maximum Gasteiger partial charge on any atom is 0.411 e. The van der Waals surface area contributed by atoms with Gasteiger partial charge in [0.05, 0.1) is 19.8 Å². The van der Waals surface area contributed by atoms with Crippen LogP contribution in [0.15, 0.2) is 29.1 Å². The molecular formula is C22H29N5O6. The summed E-state index contributed by atoms with van der Waals surface area (Å²) < 4.78 is 15.1. The molecule has 0 radical (unpaired) electrons. The molecule has 0 aliphatic carbocycles. The molecule has 2 heterocycles. The van der Waals surface area contributed by atoms with Crippen LogP contribution in [0.1, 0.15) is 17.7 Å². The summed E-state index contributed by atoms with van der Waals surface area (Å²) in [7, 11) is 1.52. The molecule has 1 aromatic heterocycles. The Bertz CT molecular complexity index is 1020. The van der Waals surface area contributed by atoms with Crippen LogP contribution in [-0.4, -0.2) is 68.6 Å². The Kier molecular flexibility index (Phi) is 8.79. The van der Waals surface area contributed by atoms with Crippen LogP contribution in [-0.2, 0) is 25.4 Å². The zero-order valence-electron chi connectivity index (χ0n) is 18.8. The number of hydrogen-bond donors (Lipinski definition) is 3. The van der Waals surface area contributed by atoms with Crippen molar-refractivity contribution < 1.29 is 23.8 Å². The number of benzene rings is 1. The van der Waals surface area contributed by atoms with Crippen LogP contribution in [0.25, 0.3) is 0 Å². The van der Waals surface area contributed by atoms with Crippen molar-refractivity contribution in [2.75, 3.05) is 62.2 Å². The van der Waals surface area contributed by atoms with Gasteiger partial charge in [-0.2, -0.15) is 0 Å². The van der Waals surface area contributed by atoms with Gasteiger partial charge in [0.25, 0.3) is 5.56 Å². The van der Waals surface area contributed by atoms with E-state index in [0.717, 1.165) is 0 Å². The fourth-order valence-electron chi connectivity index (χ4n) is 3.32. The summed E-state index contributed by atoms with van der Waals surface area (Å²) in [5.41, 5.74) is 1.84. The van der Waals surface area contributed by atoms with E-state index >= 15 is 0 Å². The number of rotatable bonds is 9. The average Bonchev–Trinajstić information content (AvgIpc) is 2.79. The van der Waals surface area contributed by atoms with E-state index in [1.165, 1.54) is 7.11 Å². The van der Waals surface area contributed by atoms with Crippen LogP contribution in [0.4, 0.5) is 22.1 Å². The number of nitrogens with one attached hydrogen (secondary N) is 3. The number of carbonyl (C=O) groups is 2. The fourth-order valence-corrected chi connectivity index (χ4v) is 3.32. The van der Waals surface area contributed by atoms with Gasteiger partial charge >= 0.3 is 6.09 Å². The third-order valence-electron chi connectivity index (χ3n) is 5.04. The molecule has 0 unspecified atom stereocenters. The van der Waals surface area contributed by atoms with Crippen LogP contribution in [0.5, 0.6) is 0 Å². The molecule has 0 saturated carbocycles. The highest BCUT2D eigenvalue weighted by Gasteiger charge is 2.17. The number of ether oxygens (including phenoxy) is 3. The summed E-state index contributed by atoms with van der Waals surface area (Å²) >= 11 is 0. The lowest BCUT2D eigenvalue weighted by Crippen LogP contribution is -2.38. The fraction of sp³-hybridized carbons (Fsp3) is 0.455. The highest BCUT2D eigenvalue weighted by atomic mass is 16.6. The summed E-state index contributed by atoms with van der Waals surface area (Å²) in [5, 5.41) is 5.36. The summed E-state index contributed by atoms with van der Waals surface area (Å²) in [6.07, 6.45) is -0.245. The molecule has 11 nitrogen and oxygen atoms in total. The van der Waals surface area contributed by atoms with Crippen LogP contribution in [0, 0.1) is 6.92 Å². The summed E-state index contributed by atoms with van der Waals surface area (Å²) in [6.45, 7) is 4.74. The van der Waals surface area contributed by atoms with E-state index in [2.05, 4.69) is 20.6 Å². The molecular weight excluding hydrogens is 430 g/mol. The van der Waals surface area contributed by atoms with Gasteiger partial charge in [0.1, 0.15) is 6.61 Å². The third-order valence-corrected chi connectivity index (χ3v) is 5.04. The van der Waals surface area contributed by atoms with Crippen molar-refractivity contribution in [3.8, 4) is 0 Å². The first-order chi connectivity index (χ1) is 16.0. The first-order valence-corrected chi connectivity index (χ1v) is 10.7. The lowest BCUT2D eigenvalue weighted by molar-refractivity contribution is -0.116. The highest BCUT2D eigenvalue weighted by Crippen LogP contribution is 2.16. The molecule has 0 spiro atoms. The molecule has 33 heavy (non-hydrogen) atoms. The van der Waals surface area contributed by atoms with Gasteiger partial charge < -0.3 is 24.4 Å². The number of carbonyl (C=O) groups excluding carboxylic acids is 2. The van der Waals surface area contributed by atoms with Crippen LogP contribution in [0.3, 0.4) is 0 Å². The molecule has 3 rings (SSSR count). The monoisotopic (exact) mass is 459 g/mol. The van der Waals surface area contributed by atoms with E-state index in [0.29, 0.717) is 61.5 Å². The maximum absolute atomic E-state index is 12.6. The van der Waals surface area contributed by atoms with Crippen molar-refractivity contribution in [2.45, 2.75) is 19.8 Å². The topological polar surface area (TPSA) is 135 Å². The molecule has 11 heteroatoms. The number of amides is 2. The van der Waals surface area contributed by atoms with Crippen molar-refractivity contribution in [3.05, 3.63) is 45.9 Å². The minimum atomic E-state index is -0.613. The van der Waals surface area contributed by atoms with E-state index in [-0.39, 0.29) is 30.9 Å². The Hall–Kier alpha value is -3.44. The molecule has 1 fully saturated rings. The Balaban J connectivity index is 1.54. The van der Waals surface area contributed by atoms with Gasteiger partial charge in [0.15, 0.2) is 0 Å². The first kappa shape index (κ1) is 24.2. The number of hydrogen-bond acceptors (Lipinski definition) is 8. The standard InChI is InChI=1S/C22H29N5O6/c1-15-18(20(29)26-21(23-15)27-8-10-32-11-9-27)6-7-19(28)24-16-4-3-5-17(14-16)25-22(30)33-13-12-31-2/h3-5,14H,6-13H2,1-2H3,(H,24,28)(H,25,30)(H,23,26,29). The quantitative estimate of drug-likeness (QED) is 0.482. The van der Waals surface area contributed by atoms with Gasteiger partial charge in [-0.05, 0) is 31.5 Å². The smallest absolute Gasteiger partial charge is 0.411 e. The predicted molar refractivity (Wildman–Crippen MR) is 123 cm³/mol. The van der Waals surface area contributed by atoms with Gasteiger partial charge in [-0.3, -0.25) is 19.9 Å². The summed E-state index contributed by atoms with van der Waals surface area (Å²) in [5.74, 6) is 0.268. The van der Waals surface area contributed by atoms with Crippen molar-refractivity contribution in [3.63, 3.8) is 0 Å². The second kappa shape index (κ2) is 12.0. The molecule has 178 valence electrons. The number of aromatic nitrogens is 2. The number of H-pyrrole nitrogens is 1. The van der Waals surface area contributed by atoms with Crippen molar-refractivity contribution in [2.24, 2.45) is 0 Å². The Morgan fingerprint density at radius 3 is 2.61 bits per heavy atom. The lowest BCUT2D eigenvalue weighted by atomic mass is 10.1. The number of methoxy groups -OCH3 is 1.